The maximum absolute atomic E-state index is 12.6. The van der Waals surface area contributed by atoms with Gasteiger partial charge in [-0.1, -0.05) is 24.3 Å². The van der Waals surface area contributed by atoms with Crippen molar-refractivity contribution in [2.45, 2.75) is 0 Å². The average molecular weight is 321 g/mol. The van der Waals surface area contributed by atoms with Crippen molar-refractivity contribution in [1.29, 1.82) is 0 Å². The molecule has 118 valence electrons. The van der Waals surface area contributed by atoms with Gasteiger partial charge in [0.1, 0.15) is 0 Å². The van der Waals surface area contributed by atoms with Gasteiger partial charge in [-0.25, -0.2) is 14.5 Å². The molecule has 1 aliphatic carbocycles. The molecule has 1 aliphatic rings. The van der Waals surface area contributed by atoms with E-state index in [0.717, 1.165) is 0 Å². The zero-order valence-corrected chi connectivity index (χ0v) is 12.6. The number of ether oxygens (including phenoxy) is 1. The largest absolute Gasteiger partial charge is 0.481 e. The van der Waals surface area contributed by atoms with E-state index in [1.165, 1.54) is 18.0 Å². The minimum absolute atomic E-state index is 0.111. The molecule has 0 aliphatic heterocycles. The Balaban J connectivity index is 2.01. The van der Waals surface area contributed by atoms with E-state index in [-0.39, 0.29) is 17.0 Å². The van der Waals surface area contributed by atoms with Gasteiger partial charge in [-0.3, -0.25) is 4.79 Å². The number of carbonyl (C=O) groups excluding carboxylic acids is 1. The number of carboxylic acid groups (broad SMARTS) is 1. The van der Waals surface area contributed by atoms with E-state index in [1.54, 1.807) is 36.4 Å². The van der Waals surface area contributed by atoms with Gasteiger partial charge >= 0.3 is 5.97 Å². The van der Waals surface area contributed by atoms with Crippen LogP contribution >= 0.6 is 0 Å². The van der Waals surface area contributed by atoms with Crippen LogP contribution in [0, 0.1) is 0 Å². The second-order valence-corrected chi connectivity index (χ2v) is 5.22. The molecule has 4 rings (SSSR count). The number of aromatic nitrogens is 3. The second kappa shape index (κ2) is 5.02. The Hall–Kier alpha value is -3.48. The van der Waals surface area contributed by atoms with Crippen molar-refractivity contribution >= 4 is 11.8 Å². The number of carboxylic acids is 1. The molecule has 0 saturated heterocycles. The molecule has 0 saturated carbocycles. The number of aromatic carboxylic acids is 1. The number of methoxy groups -OCH3 is 1. The molecule has 1 N–H and O–H groups in total. The summed E-state index contributed by atoms with van der Waals surface area (Å²) in [5.74, 6) is -1.14. The van der Waals surface area contributed by atoms with Crippen molar-refractivity contribution in [1.82, 2.24) is 14.8 Å². The third-order valence-corrected chi connectivity index (χ3v) is 3.92. The summed E-state index contributed by atoms with van der Waals surface area (Å²) in [6.07, 6.45) is 1.52. The summed E-state index contributed by atoms with van der Waals surface area (Å²) >= 11 is 0. The number of hydrogen-bond donors (Lipinski definition) is 1. The third kappa shape index (κ3) is 1.84. The Morgan fingerprint density at radius 1 is 1.17 bits per heavy atom. The van der Waals surface area contributed by atoms with Crippen LogP contribution < -0.4 is 4.74 Å². The SMILES string of the molecule is COc1ccc(-n2nc(C(=O)O)c3c2-c2ccccc2C3=O)cn1. The third-order valence-electron chi connectivity index (χ3n) is 3.92. The summed E-state index contributed by atoms with van der Waals surface area (Å²) in [5.41, 5.74) is 2.00. The second-order valence-electron chi connectivity index (χ2n) is 5.22. The molecule has 0 unspecified atom stereocenters. The first-order valence-electron chi connectivity index (χ1n) is 7.12. The molecular formula is C17H11N3O4. The van der Waals surface area contributed by atoms with Crippen molar-refractivity contribution in [2.75, 3.05) is 7.11 Å². The van der Waals surface area contributed by atoms with Crippen LogP contribution in [0.4, 0.5) is 0 Å². The molecule has 24 heavy (non-hydrogen) atoms. The first-order chi connectivity index (χ1) is 11.6. The summed E-state index contributed by atoms with van der Waals surface area (Å²) in [7, 11) is 1.51. The Labute approximate surface area is 136 Å². The standard InChI is InChI=1S/C17H11N3O4/c1-24-12-7-6-9(8-18-12)20-15-10-4-2-3-5-11(10)16(21)13(15)14(19-20)17(22)23/h2-8H,1H3,(H,22,23). The summed E-state index contributed by atoms with van der Waals surface area (Å²) in [6, 6.07) is 10.4. The zero-order valence-electron chi connectivity index (χ0n) is 12.6. The molecule has 0 amide bonds. The lowest BCUT2D eigenvalue weighted by molar-refractivity contribution is 0.0686. The van der Waals surface area contributed by atoms with Crippen LogP contribution in [0.2, 0.25) is 0 Å². The zero-order chi connectivity index (χ0) is 16.8. The summed E-state index contributed by atoms with van der Waals surface area (Å²) in [5, 5.41) is 13.5. The maximum atomic E-state index is 12.6. The van der Waals surface area contributed by atoms with Gasteiger partial charge in [-0.15, -0.1) is 0 Å². The van der Waals surface area contributed by atoms with Crippen LogP contribution in [-0.4, -0.2) is 38.7 Å². The van der Waals surface area contributed by atoms with E-state index in [9.17, 15) is 14.7 Å². The first-order valence-corrected chi connectivity index (χ1v) is 7.12. The van der Waals surface area contributed by atoms with Crippen LogP contribution in [-0.2, 0) is 0 Å². The summed E-state index contributed by atoms with van der Waals surface area (Å²) in [4.78, 5) is 28.3. The number of hydrogen-bond acceptors (Lipinski definition) is 5. The van der Waals surface area contributed by atoms with E-state index < -0.39 is 5.97 Å². The monoisotopic (exact) mass is 321 g/mol. The van der Waals surface area contributed by atoms with E-state index >= 15 is 0 Å². The van der Waals surface area contributed by atoms with Gasteiger partial charge in [0.25, 0.3) is 0 Å². The van der Waals surface area contributed by atoms with Crippen molar-refractivity contribution < 1.29 is 19.4 Å². The molecular weight excluding hydrogens is 310 g/mol. The fourth-order valence-electron chi connectivity index (χ4n) is 2.86. The molecule has 0 atom stereocenters. The topological polar surface area (TPSA) is 94.3 Å². The number of rotatable bonds is 3. The number of nitrogens with zero attached hydrogens (tertiary/aromatic N) is 3. The van der Waals surface area contributed by atoms with Gasteiger partial charge in [-0.2, -0.15) is 5.10 Å². The van der Waals surface area contributed by atoms with E-state index in [0.29, 0.717) is 28.4 Å². The van der Waals surface area contributed by atoms with Crippen LogP contribution in [0.1, 0.15) is 26.4 Å². The minimum atomic E-state index is -1.24. The highest BCUT2D eigenvalue weighted by molar-refractivity contribution is 6.24. The molecule has 7 nitrogen and oxygen atoms in total. The molecule has 1 aromatic carbocycles. The van der Waals surface area contributed by atoms with Gasteiger partial charge in [0.2, 0.25) is 5.88 Å². The highest BCUT2D eigenvalue weighted by Gasteiger charge is 2.37. The van der Waals surface area contributed by atoms with Crippen molar-refractivity contribution in [3.05, 3.63) is 59.4 Å². The highest BCUT2D eigenvalue weighted by Crippen LogP contribution is 2.39. The molecule has 0 bridgehead atoms. The van der Waals surface area contributed by atoms with Crippen LogP contribution in [0.5, 0.6) is 5.88 Å². The van der Waals surface area contributed by atoms with Crippen molar-refractivity contribution in [3.63, 3.8) is 0 Å². The average Bonchev–Trinajstić information content (AvgIpc) is 3.13. The lowest BCUT2D eigenvalue weighted by Gasteiger charge is -2.07. The quantitative estimate of drug-likeness (QED) is 0.621. The molecule has 0 spiro atoms. The van der Waals surface area contributed by atoms with Gasteiger partial charge < -0.3 is 9.84 Å². The Bertz CT molecular complexity index is 990. The van der Waals surface area contributed by atoms with Gasteiger partial charge in [-0.05, 0) is 6.07 Å². The Kier molecular flexibility index (Phi) is 2.96. The molecule has 3 aromatic rings. The lowest BCUT2D eigenvalue weighted by Crippen LogP contribution is -2.07. The smallest absolute Gasteiger partial charge is 0.357 e. The van der Waals surface area contributed by atoms with Crippen LogP contribution in [0.15, 0.2) is 42.6 Å². The summed E-state index contributed by atoms with van der Waals surface area (Å²) in [6.45, 7) is 0. The molecule has 0 fully saturated rings. The van der Waals surface area contributed by atoms with E-state index in [1.807, 2.05) is 0 Å². The first kappa shape index (κ1) is 14.1. The van der Waals surface area contributed by atoms with E-state index in [4.69, 9.17) is 4.74 Å². The van der Waals surface area contributed by atoms with Crippen molar-refractivity contribution in [3.8, 4) is 22.8 Å². The number of benzene rings is 1. The van der Waals surface area contributed by atoms with Gasteiger partial charge in [0.05, 0.1) is 30.3 Å². The number of ketones is 1. The summed E-state index contributed by atoms with van der Waals surface area (Å²) < 4.78 is 6.46. The van der Waals surface area contributed by atoms with Crippen LogP contribution in [0.25, 0.3) is 16.9 Å². The number of carbonyl (C=O) groups is 2. The van der Waals surface area contributed by atoms with Gasteiger partial charge in [0.15, 0.2) is 11.5 Å². The molecule has 7 heteroatoms. The lowest BCUT2D eigenvalue weighted by atomic mass is 10.1. The number of pyridine rings is 1. The van der Waals surface area contributed by atoms with Gasteiger partial charge in [0, 0.05) is 17.2 Å². The fraction of sp³-hybridized carbons (Fsp3) is 0.0588. The van der Waals surface area contributed by atoms with Crippen LogP contribution in [0.3, 0.4) is 0 Å². The predicted molar refractivity (Wildman–Crippen MR) is 83.7 cm³/mol. The molecule has 0 radical (unpaired) electrons. The maximum Gasteiger partial charge on any atom is 0.357 e. The highest BCUT2D eigenvalue weighted by atomic mass is 16.5. The number of fused-ring (bicyclic) bond motifs is 3. The normalized spacial score (nSPS) is 12.0. The fourth-order valence-corrected chi connectivity index (χ4v) is 2.86. The Morgan fingerprint density at radius 3 is 2.54 bits per heavy atom. The Morgan fingerprint density at radius 2 is 1.92 bits per heavy atom. The minimum Gasteiger partial charge on any atom is -0.481 e. The molecule has 2 aromatic heterocycles. The van der Waals surface area contributed by atoms with Crippen molar-refractivity contribution in [2.24, 2.45) is 0 Å². The molecule has 2 heterocycles. The predicted octanol–water partition coefficient (Wildman–Crippen LogP) is 2.19. The van der Waals surface area contributed by atoms with E-state index in [2.05, 4.69) is 10.1 Å².